The SMILES string of the molecule is COCc1ccc([S@](=O)Cc2nnc(C3CC3)n2C)cc1. The third kappa shape index (κ3) is 3.22. The molecule has 1 aromatic carbocycles. The van der Waals surface area contributed by atoms with E-state index >= 15 is 0 Å². The van der Waals surface area contributed by atoms with Gasteiger partial charge in [-0.05, 0) is 30.5 Å². The summed E-state index contributed by atoms with van der Waals surface area (Å²) in [6.45, 7) is 0.570. The van der Waals surface area contributed by atoms with Crippen LogP contribution in [0.15, 0.2) is 29.2 Å². The van der Waals surface area contributed by atoms with E-state index in [0.717, 1.165) is 22.1 Å². The molecule has 0 radical (unpaired) electrons. The summed E-state index contributed by atoms with van der Waals surface area (Å²) in [7, 11) is 2.52. The van der Waals surface area contributed by atoms with Gasteiger partial charge in [-0.1, -0.05) is 12.1 Å². The monoisotopic (exact) mass is 305 g/mol. The van der Waals surface area contributed by atoms with E-state index in [4.69, 9.17) is 4.74 Å². The molecule has 0 aliphatic heterocycles. The van der Waals surface area contributed by atoms with Gasteiger partial charge in [-0.3, -0.25) is 4.21 Å². The second-order valence-corrected chi connectivity index (χ2v) is 6.83. The van der Waals surface area contributed by atoms with Gasteiger partial charge >= 0.3 is 0 Å². The fourth-order valence-electron chi connectivity index (χ4n) is 2.30. The maximum absolute atomic E-state index is 12.4. The van der Waals surface area contributed by atoms with E-state index in [9.17, 15) is 4.21 Å². The number of aromatic nitrogens is 3. The number of hydrogen-bond acceptors (Lipinski definition) is 4. The van der Waals surface area contributed by atoms with Crippen molar-refractivity contribution in [3.63, 3.8) is 0 Å². The molecule has 0 unspecified atom stereocenters. The van der Waals surface area contributed by atoms with Crippen LogP contribution in [0.4, 0.5) is 0 Å². The first kappa shape index (κ1) is 14.4. The first-order valence-electron chi connectivity index (χ1n) is 7.03. The molecule has 0 saturated heterocycles. The van der Waals surface area contributed by atoms with Crippen molar-refractivity contribution in [2.24, 2.45) is 7.05 Å². The Hall–Kier alpha value is -1.53. The number of rotatable bonds is 6. The quantitative estimate of drug-likeness (QED) is 0.820. The molecule has 1 fully saturated rings. The molecule has 6 heteroatoms. The average molecular weight is 305 g/mol. The molecule has 0 amide bonds. The third-order valence-electron chi connectivity index (χ3n) is 3.70. The number of benzene rings is 1. The van der Waals surface area contributed by atoms with Gasteiger partial charge in [0.15, 0.2) is 0 Å². The highest BCUT2D eigenvalue weighted by Crippen LogP contribution is 2.38. The first-order valence-corrected chi connectivity index (χ1v) is 8.35. The molecule has 1 aromatic heterocycles. The van der Waals surface area contributed by atoms with Gasteiger partial charge in [0.25, 0.3) is 0 Å². The number of nitrogens with zero attached hydrogens (tertiary/aromatic N) is 3. The molecule has 1 saturated carbocycles. The standard InChI is InChI=1S/C15H19N3O2S/c1-18-14(16-17-15(18)12-5-6-12)10-21(19)13-7-3-11(4-8-13)9-20-2/h3-4,7-8,12H,5-6,9-10H2,1-2H3/t21-/m1/s1. The normalized spacial score (nSPS) is 16.1. The lowest BCUT2D eigenvalue weighted by atomic mass is 10.2. The topological polar surface area (TPSA) is 57.0 Å². The molecule has 1 aliphatic carbocycles. The molecular weight excluding hydrogens is 286 g/mol. The van der Waals surface area contributed by atoms with Crippen LogP contribution in [0, 0.1) is 0 Å². The van der Waals surface area contributed by atoms with E-state index in [1.807, 2.05) is 35.9 Å². The molecule has 0 N–H and O–H groups in total. The Morgan fingerprint density at radius 3 is 2.62 bits per heavy atom. The van der Waals surface area contributed by atoms with E-state index in [1.165, 1.54) is 12.8 Å². The molecule has 0 spiro atoms. The van der Waals surface area contributed by atoms with E-state index in [-0.39, 0.29) is 0 Å². The highest BCUT2D eigenvalue weighted by molar-refractivity contribution is 7.84. The Morgan fingerprint density at radius 2 is 2.00 bits per heavy atom. The molecular formula is C15H19N3O2S. The first-order chi connectivity index (χ1) is 10.2. The summed E-state index contributed by atoms with van der Waals surface area (Å²) < 4.78 is 19.5. The number of hydrogen-bond donors (Lipinski definition) is 0. The van der Waals surface area contributed by atoms with Crippen molar-refractivity contribution in [2.75, 3.05) is 7.11 Å². The van der Waals surface area contributed by atoms with Gasteiger partial charge in [-0.15, -0.1) is 10.2 Å². The third-order valence-corrected chi connectivity index (χ3v) is 5.02. The van der Waals surface area contributed by atoms with Crippen LogP contribution in [0.5, 0.6) is 0 Å². The summed E-state index contributed by atoms with van der Waals surface area (Å²) in [5.74, 6) is 2.77. The highest BCUT2D eigenvalue weighted by atomic mass is 32.2. The average Bonchev–Trinajstić information content (AvgIpc) is 3.26. The summed E-state index contributed by atoms with van der Waals surface area (Å²) in [6, 6.07) is 7.68. The van der Waals surface area contributed by atoms with Gasteiger partial charge in [0, 0.05) is 25.0 Å². The Morgan fingerprint density at radius 1 is 1.29 bits per heavy atom. The van der Waals surface area contributed by atoms with Crippen LogP contribution in [0.3, 0.4) is 0 Å². The molecule has 1 heterocycles. The Labute approximate surface area is 126 Å². The Balaban J connectivity index is 1.70. The van der Waals surface area contributed by atoms with Gasteiger partial charge in [0.1, 0.15) is 11.6 Å². The van der Waals surface area contributed by atoms with Crippen LogP contribution in [0.25, 0.3) is 0 Å². The van der Waals surface area contributed by atoms with Crippen LogP contribution in [-0.2, 0) is 34.9 Å². The number of ether oxygens (including phenoxy) is 1. The van der Waals surface area contributed by atoms with E-state index < -0.39 is 10.8 Å². The smallest absolute Gasteiger partial charge is 0.145 e. The predicted octanol–water partition coefficient (Wildman–Crippen LogP) is 2.15. The van der Waals surface area contributed by atoms with Gasteiger partial charge in [-0.2, -0.15) is 0 Å². The zero-order valence-electron chi connectivity index (χ0n) is 12.3. The van der Waals surface area contributed by atoms with Crippen molar-refractivity contribution < 1.29 is 8.95 Å². The summed E-state index contributed by atoms with van der Waals surface area (Å²) in [5.41, 5.74) is 1.08. The fraction of sp³-hybridized carbons (Fsp3) is 0.467. The van der Waals surface area contributed by atoms with Crippen LogP contribution in [-0.4, -0.2) is 26.1 Å². The lowest BCUT2D eigenvalue weighted by Gasteiger charge is -2.05. The molecule has 112 valence electrons. The largest absolute Gasteiger partial charge is 0.380 e. The summed E-state index contributed by atoms with van der Waals surface area (Å²) in [5, 5.41) is 8.41. The van der Waals surface area contributed by atoms with Crippen molar-refractivity contribution >= 4 is 10.8 Å². The highest BCUT2D eigenvalue weighted by Gasteiger charge is 2.29. The number of methoxy groups -OCH3 is 1. The van der Waals surface area contributed by atoms with Crippen molar-refractivity contribution in [2.45, 2.75) is 36.0 Å². The zero-order chi connectivity index (χ0) is 14.8. The molecule has 1 atom stereocenters. The maximum Gasteiger partial charge on any atom is 0.145 e. The fourth-order valence-corrected chi connectivity index (χ4v) is 3.39. The minimum atomic E-state index is -1.10. The van der Waals surface area contributed by atoms with Gasteiger partial charge in [-0.25, -0.2) is 0 Å². The second kappa shape index (κ2) is 6.07. The maximum atomic E-state index is 12.4. The minimum Gasteiger partial charge on any atom is -0.380 e. The van der Waals surface area contributed by atoms with Crippen molar-refractivity contribution in [1.82, 2.24) is 14.8 Å². The van der Waals surface area contributed by atoms with Gasteiger partial charge in [0.05, 0.1) is 23.2 Å². The van der Waals surface area contributed by atoms with Crippen LogP contribution in [0.1, 0.15) is 36.0 Å². The van der Waals surface area contributed by atoms with Gasteiger partial charge < -0.3 is 9.30 Å². The minimum absolute atomic E-state index is 0.403. The van der Waals surface area contributed by atoms with E-state index in [2.05, 4.69) is 10.2 Å². The van der Waals surface area contributed by atoms with Crippen molar-refractivity contribution in [3.05, 3.63) is 41.5 Å². The van der Waals surface area contributed by atoms with Crippen molar-refractivity contribution in [1.29, 1.82) is 0 Å². The lowest BCUT2D eigenvalue weighted by Crippen LogP contribution is -2.05. The predicted molar refractivity (Wildman–Crippen MR) is 80.2 cm³/mol. The molecule has 2 aromatic rings. The lowest BCUT2D eigenvalue weighted by molar-refractivity contribution is 0.185. The zero-order valence-corrected chi connectivity index (χ0v) is 13.1. The summed E-state index contributed by atoms with van der Waals surface area (Å²) >= 11 is 0. The van der Waals surface area contributed by atoms with Crippen LogP contribution < -0.4 is 0 Å². The molecule has 1 aliphatic rings. The summed E-state index contributed by atoms with van der Waals surface area (Å²) in [4.78, 5) is 0.811. The molecule has 3 rings (SSSR count). The van der Waals surface area contributed by atoms with Crippen LogP contribution >= 0.6 is 0 Å². The Bertz CT molecular complexity index is 647. The molecule has 0 bridgehead atoms. The van der Waals surface area contributed by atoms with E-state index in [1.54, 1.807) is 7.11 Å². The summed E-state index contributed by atoms with van der Waals surface area (Å²) in [6.07, 6.45) is 2.38. The Kier molecular flexibility index (Phi) is 4.17. The molecule has 5 nitrogen and oxygen atoms in total. The molecule has 21 heavy (non-hydrogen) atoms. The van der Waals surface area contributed by atoms with Crippen LogP contribution in [0.2, 0.25) is 0 Å². The second-order valence-electron chi connectivity index (χ2n) is 5.37. The van der Waals surface area contributed by atoms with E-state index in [0.29, 0.717) is 18.3 Å². The van der Waals surface area contributed by atoms with Crippen molar-refractivity contribution in [3.8, 4) is 0 Å². The van der Waals surface area contributed by atoms with Gasteiger partial charge in [0.2, 0.25) is 0 Å².